The Morgan fingerprint density at radius 3 is 2.62 bits per heavy atom. The zero-order valence-electron chi connectivity index (χ0n) is 15.4. The Bertz CT molecular complexity index is 1160. The van der Waals surface area contributed by atoms with Crippen LogP contribution in [0.15, 0.2) is 83.9 Å². The average Bonchev–Trinajstić information content (AvgIpc) is 3.06. The largest absolute Gasteiger partial charge is 0.342 e. The summed E-state index contributed by atoms with van der Waals surface area (Å²) in [6, 6.07) is 21.7. The van der Waals surface area contributed by atoms with Crippen molar-refractivity contribution in [3.05, 3.63) is 95.4 Å². The monoisotopic (exact) mass is 424 g/mol. The molecule has 1 N–H and O–H groups in total. The molecule has 0 spiro atoms. The summed E-state index contributed by atoms with van der Waals surface area (Å²) in [7, 11) is 0. The summed E-state index contributed by atoms with van der Waals surface area (Å²) >= 11 is 7.45. The molecule has 1 heterocycles. The van der Waals surface area contributed by atoms with E-state index in [1.165, 1.54) is 23.9 Å². The molecule has 1 amide bonds. The van der Waals surface area contributed by atoms with Crippen LogP contribution in [-0.2, 0) is 11.3 Å². The van der Waals surface area contributed by atoms with Crippen molar-refractivity contribution < 1.29 is 9.18 Å². The number of halogens is 2. The van der Waals surface area contributed by atoms with E-state index in [1.54, 1.807) is 30.3 Å². The highest BCUT2D eigenvalue weighted by molar-refractivity contribution is 8.00. The lowest BCUT2D eigenvalue weighted by Gasteiger charge is -2.05. The summed E-state index contributed by atoms with van der Waals surface area (Å²) in [6.07, 6.45) is 2.05. The molecule has 3 aromatic carbocycles. The fraction of sp³-hybridized carbons (Fsp3) is 0.0870. The number of anilines is 1. The van der Waals surface area contributed by atoms with Gasteiger partial charge in [0, 0.05) is 39.3 Å². The van der Waals surface area contributed by atoms with Crippen molar-refractivity contribution >= 4 is 45.9 Å². The molecule has 6 heteroatoms. The van der Waals surface area contributed by atoms with Crippen LogP contribution < -0.4 is 5.32 Å². The van der Waals surface area contributed by atoms with E-state index >= 15 is 0 Å². The second kappa shape index (κ2) is 8.72. The molecule has 0 fully saturated rings. The van der Waals surface area contributed by atoms with Crippen molar-refractivity contribution in [3.63, 3.8) is 0 Å². The van der Waals surface area contributed by atoms with Crippen molar-refractivity contribution in [2.45, 2.75) is 11.4 Å². The molecular formula is C23H18ClFN2OS. The summed E-state index contributed by atoms with van der Waals surface area (Å²) in [5.41, 5.74) is 2.78. The van der Waals surface area contributed by atoms with Crippen molar-refractivity contribution in [2.24, 2.45) is 0 Å². The van der Waals surface area contributed by atoms with Gasteiger partial charge in [-0.05, 0) is 42.0 Å². The number of hydrogen-bond acceptors (Lipinski definition) is 2. The Morgan fingerprint density at radius 2 is 1.83 bits per heavy atom. The van der Waals surface area contributed by atoms with Crippen LogP contribution in [0.5, 0.6) is 0 Å². The Hall–Kier alpha value is -2.76. The maximum absolute atomic E-state index is 13.2. The number of para-hydroxylation sites is 1. The number of benzene rings is 3. The maximum atomic E-state index is 13.2. The number of fused-ring (bicyclic) bond motifs is 1. The minimum absolute atomic E-state index is 0.0902. The summed E-state index contributed by atoms with van der Waals surface area (Å²) in [5.74, 6) is -0.0439. The number of thioether (sulfide) groups is 1. The minimum atomic E-state index is -0.243. The van der Waals surface area contributed by atoms with Crippen LogP contribution in [0.25, 0.3) is 10.9 Å². The molecule has 0 aliphatic carbocycles. The topological polar surface area (TPSA) is 34.0 Å². The highest BCUT2D eigenvalue weighted by atomic mass is 35.5. The first-order valence-corrected chi connectivity index (χ1v) is 10.5. The van der Waals surface area contributed by atoms with Crippen LogP contribution in [0, 0.1) is 5.82 Å². The minimum Gasteiger partial charge on any atom is -0.342 e. The van der Waals surface area contributed by atoms with Crippen molar-refractivity contribution in [1.82, 2.24) is 4.57 Å². The lowest BCUT2D eigenvalue weighted by molar-refractivity contribution is -0.113. The van der Waals surface area contributed by atoms with Gasteiger partial charge < -0.3 is 9.88 Å². The molecule has 0 aliphatic heterocycles. The number of rotatable bonds is 6. The van der Waals surface area contributed by atoms with Crippen LogP contribution in [0.3, 0.4) is 0 Å². The third-order valence-electron chi connectivity index (χ3n) is 4.49. The SMILES string of the molecule is O=C(CSc1cn(Cc2ccc(F)cc2)c2ccccc12)Nc1cccc(Cl)c1. The summed E-state index contributed by atoms with van der Waals surface area (Å²) in [5, 5.41) is 4.54. The van der Waals surface area contributed by atoms with Gasteiger partial charge in [0.1, 0.15) is 5.82 Å². The molecule has 0 saturated heterocycles. The predicted molar refractivity (Wildman–Crippen MR) is 118 cm³/mol. The number of carbonyl (C=O) groups excluding carboxylic acids is 1. The summed E-state index contributed by atoms with van der Waals surface area (Å²) in [4.78, 5) is 13.4. The second-order valence-corrected chi connectivity index (χ2v) is 8.07. The molecule has 0 saturated carbocycles. The number of aromatic nitrogens is 1. The fourth-order valence-electron chi connectivity index (χ4n) is 3.15. The van der Waals surface area contributed by atoms with Crippen molar-refractivity contribution in [1.29, 1.82) is 0 Å². The van der Waals surface area contributed by atoms with Gasteiger partial charge >= 0.3 is 0 Å². The lowest BCUT2D eigenvalue weighted by atomic mass is 10.2. The van der Waals surface area contributed by atoms with Gasteiger partial charge in [-0.2, -0.15) is 0 Å². The standard InChI is InChI=1S/C23H18ClFN2OS/c24-17-4-3-5-19(12-17)26-23(28)15-29-22-14-27(21-7-2-1-6-20(21)22)13-16-8-10-18(25)11-9-16/h1-12,14H,13,15H2,(H,26,28). The van der Waals surface area contributed by atoms with Crippen molar-refractivity contribution in [2.75, 3.05) is 11.1 Å². The Balaban J connectivity index is 1.50. The third-order valence-corrected chi connectivity index (χ3v) is 5.76. The van der Waals surface area contributed by atoms with E-state index in [9.17, 15) is 9.18 Å². The Labute approximate surface area is 177 Å². The molecular weight excluding hydrogens is 407 g/mol. The van der Waals surface area contributed by atoms with Crippen LogP contribution in [0.1, 0.15) is 5.56 Å². The quantitative estimate of drug-likeness (QED) is 0.373. The number of amides is 1. The van der Waals surface area contributed by atoms with E-state index in [0.29, 0.717) is 17.3 Å². The first kappa shape index (κ1) is 19.6. The summed E-state index contributed by atoms with van der Waals surface area (Å²) in [6.45, 7) is 0.635. The van der Waals surface area contributed by atoms with Gasteiger partial charge in [-0.3, -0.25) is 4.79 Å². The zero-order chi connectivity index (χ0) is 20.2. The summed E-state index contributed by atoms with van der Waals surface area (Å²) < 4.78 is 15.3. The average molecular weight is 425 g/mol. The third kappa shape index (κ3) is 4.81. The lowest BCUT2D eigenvalue weighted by Crippen LogP contribution is -2.13. The van der Waals surface area contributed by atoms with Crippen LogP contribution in [-0.4, -0.2) is 16.2 Å². The van der Waals surface area contributed by atoms with E-state index < -0.39 is 0 Å². The number of carbonyl (C=O) groups is 1. The van der Waals surface area contributed by atoms with Crippen LogP contribution in [0.4, 0.5) is 10.1 Å². The van der Waals surface area contributed by atoms with E-state index in [2.05, 4.69) is 16.0 Å². The number of hydrogen-bond donors (Lipinski definition) is 1. The fourth-order valence-corrected chi connectivity index (χ4v) is 4.23. The molecule has 0 bridgehead atoms. The maximum Gasteiger partial charge on any atom is 0.234 e. The smallest absolute Gasteiger partial charge is 0.234 e. The van der Waals surface area contributed by atoms with Gasteiger partial charge in [-0.15, -0.1) is 11.8 Å². The predicted octanol–water partition coefficient (Wildman–Crippen LogP) is 6.21. The van der Waals surface area contributed by atoms with E-state index in [1.807, 2.05) is 30.5 Å². The van der Waals surface area contributed by atoms with Crippen LogP contribution in [0.2, 0.25) is 5.02 Å². The Morgan fingerprint density at radius 1 is 1.03 bits per heavy atom. The van der Waals surface area contributed by atoms with Gasteiger partial charge in [-0.25, -0.2) is 4.39 Å². The molecule has 0 unspecified atom stereocenters. The van der Waals surface area contributed by atoms with Crippen LogP contribution >= 0.6 is 23.4 Å². The van der Waals surface area contributed by atoms with E-state index in [-0.39, 0.29) is 17.5 Å². The second-order valence-electron chi connectivity index (χ2n) is 6.61. The Kier molecular flexibility index (Phi) is 5.88. The molecule has 1 aromatic heterocycles. The molecule has 0 radical (unpaired) electrons. The molecule has 4 aromatic rings. The molecule has 146 valence electrons. The van der Waals surface area contributed by atoms with Crippen molar-refractivity contribution in [3.8, 4) is 0 Å². The van der Waals surface area contributed by atoms with E-state index in [0.717, 1.165) is 21.4 Å². The van der Waals surface area contributed by atoms with Gasteiger partial charge in [0.2, 0.25) is 5.91 Å². The highest BCUT2D eigenvalue weighted by Crippen LogP contribution is 2.30. The first-order valence-electron chi connectivity index (χ1n) is 9.09. The zero-order valence-corrected chi connectivity index (χ0v) is 17.0. The molecule has 29 heavy (non-hydrogen) atoms. The molecule has 3 nitrogen and oxygen atoms in total. The normalized spacial score (nSPS) is 11.0. The van der Waals surface area contributed by atoms with Gasteiger partial charge in [-0.1, -0.05) is 48.0 Å². The highest BCUT2D eigenvalue weighted by Gasteiger charge is 2.11. The van der Waals surface area contributed by atoms with E-state index in [4.69, 9.17) is 11.6 Å². The molecule has 0 aliphatic rings. The van der Waals surface area contributed by atoms with Gasteiger partial charge in [0.15, 0.2) is 0 Å². The number of nitrogens with one attached hydrogen (secondary N) is 1. The van der Waals surface area contributed by atoms with Gasteiger partial charge in [0.05, 0.1) is 5.75 Å². The number of nitrogens with zero attached hydrogens (tertiary/aromatic N) is 1. The molecule has 0 atom stereocenters. The molecule has 4 rings (SSSR count). The first-order chi connectivity index (χ1) is 14.1. The van der Waals surface area contributed by atoms with Gasteiger partial charge in [0.25, 0.3) is 0 Å².